The highest BCUT2D eigenvalue weighted by atomic mass is 32.2. The number of nitrogens with one attached hydrogen (secondary N) is 1. The Morgan fingerprint density at radius 1 is 1.24 bits per heavy atom. The maximum absolute atomic E-state index is 12.4. The highest BCUT2D eigenvalue weighted by Crippen LogP contribution is 2.37. The van der Waals surface area contributed by atoms with E-state index in [0.29, 0.717) is 21.7 Å². The van der Waals surface area contributed by atoms with E-state index >= 15 is 0 Å². The third kappa shape index (κ3) is 3.99. The first-order chi connectivity index (χ1) is 13.7. The molecule has 1 aromatic heterocycles. The molecule has 2 aromatic carbocycles. The summed E-state index contributed by atoms with van der Waals surface area (Å²) in [4.78, 5) is 3.80. The first-order valence-corrected chi connectivity index (χ1v) is 11.5. The maximum atomic E-state index is 12.4. The summed E-state index contributed by atoms with van der Waals surface area (Å²) in [5, 5.41) is 15.2. The maximum Gasteiger partial charge on any atom is 0.240 e. The fourth-order valence-electron chi connectivity index (χ4n) is 2.91. The van der Waals surface area contributed by atoms with Gasteiger partial charge in [-0.15, -0.1) is 16.4 Å². The summed E-state index contributed by atoms with van der Waals surface area (Å²) in [6.07, 6.45) is 0. The molecule has 3 rings (SSSR count). The molecule has 0 fully saturated rings. The summed E-state index contributed by atoms with van der Waals surface area (Å²) in [6.45, 7) is 0.250. The van der Waals surface area contributed by atoms with Crippen molar-refractivity contribution in [3.63, 3.8) is 0 Å². The molecule has 29 heavy (non-hydrogen) atoms. The second-order valence-corrected chi connectivity index (χ2v) is 9.40. The molecule has 0 saturated heterocycles. The fourth-order valence-corrected chi connectivity index (χ4v) is 5.71. The van der Waals surface area contributed by atoms with Crippen LogP contribution in [0.3, 0.4) is 0 Å². The quantitative estimate of drug-likeness (QED) is 0.119. The number of hydrogen-bond acceptors (Lipinski definition) is 9. The van der Waals surface area contributed by atoms with Crippen LogP contribution in [0.15, 0.2) is 45.2 Å². The van der Waals surface area contributed by atoms with Gasteiger partial charge in [-0.25, -0.2) is 39.3 Å². The number of aromatic nitrogens is 1. The van der Waals surface area contributed by atoms with Crippen LogP contribution >= 0.6 is 11.3 Å². The Morgan fingerprint density at radius 3 is 2.55 bits per heavy atom. The molecule has 0 aliphatic rings. The number of nitrogens with two attached hydrogens (primary N) is 5. The molecule has 0 radical (unpaired) electrons. The number of amidine groups is 1. The number of sulfonamides is 1. The molecule has 1 heterocycles. The van der Waals surface area contributed by atoms with E-state index in [4.69, 9.17) is 27.6 Å². The van der Waals surface area contributed by atoms with Crippen molar-refractivity contribution < 1.29 is 12.6 Å². The molecule has 0 aliphatic heterocycles. The van der Waals surface area contributed by atoms with Crippen LogP contribution in [0.5, 0.6) is 0 Å². The molecule has 0 saturated carbocycles. The molecule has 1 unspecified atom stereocenters. The highest BCUT2D eigenvalue weighted by molar-refractivity contribution is 7.90. The molecule has 3 aromatic rings. The Bertz CT molecular complexity index is 1250. The molecule has 14 heteroatoms. The van der Waals surface area contributed by atoms with E-state index in [1.54, 1.807) is 12.1 Å². The molecule has 0 aliphatic carbocycles. The number of benzene rings is 2. The molecule has 0 bridgehead atoms. The average molecular weight is 455 g/mol. The predicted molar refractivity (Wildman–Crippen MR) is 113 cm³/mol. The second kappa shape index (κ2) is 8.11. The van der Waals surface area contributed by atoms with Gasteiger partial charge in [-0.05, 0) is 17.7 Å². The van der Waals surface area contributed by atoms with Crippen LogP contribution in [0.2, 0.25) is 0 Å². The van der Waals surface area contributed by atoms with Gasteiger partial charge in [0, 0.05) is 17.7 Å². The zero-order valence-corrected chi connectivity index (χ0v) is 17.3. The molecular formula is C15H18N8O3S3. The standard InChI is InChI=1S/C15H18N8O3S3/c16-6-11-21-13-8(2-1-3-9(13)27-11)7-4-5-10(28(19)24)14(29(20,25)26)12(7)15(17)22-23-18/h1-5,23H,6,16,18-19H2,(H2,17,22)(H2,20,25,26). The first-order valence-electron chi connectivity index (χ1n) is 7.93. The van der Waals surface area contributed by atoms with Crippen LogP contribution in [0.4, 0.5) is 0 Å². The third-order valence-electron chi connectivity index (χ3n) is 3.99. The van der Waals surface area contributed by atoms with Gasteiger partial charge in [0.15, 0.2) is 5.84 Å². The number of hydrazone groups is 1. The van der Waals surface area contributed by atoms with Gasteiger partial charge in [0.25, 0.3) is 0 Å². The number of fused-ring (bicyclic) bond motifs is 1. The fraction of sp³-hybridized carbons (Fsp3) is 0.0667. The molecular weight excluding hydrogens is 436 g/mol. The van der Waals surface area contributed by atoms with E-state index in [1.807, 2.05) is 11.6 Å². The Labute approximate surface area is 172 Å². The zero-order valence-electron chi connectivity index (χ0n) is 14.8. The van der Waals surface area contributed by atoms with Gasteiger partial charge in [0.1, 0.15) is 20.9 Å². The monoisotopic (exact) mass is 454 g/mol. The Balaban J connectivity index is 2.50. The van der Waals surface area contributed by atoms with Crippen molar-refractivity contribution in [1.29, 1.82) is 0 Å². The third-order valence-corrected chi connectivity index (χ3v) is 6.93. The number of nitrogens with zero attached hydrogens (tertiary/aromatic N) is 2. The first kappa shape index (κ1) is 21.3. The lowest BCUT2D eigenvalue weighted by molar-refractivity contribution is 0.594. The summed E-state index contributed by atoms with van der Waals surface area (Å²) in [6, 6.07) is 8.21. The number of hydrazine groups is 1. The second-order valence-electron chi connectivity index (χ2n) is 5.75. The van der Waals surface area contributed by atoms with E-state index in [9.17, 15) is 12.6 Å². The van der Waals surface area contributed by atoms with Gasteiger partial charge in [0.05, 0.1) is 15.1 Å². The van der Waals surface area contributed by atoms with Crippen molar-refractivity contribution >= 4 is 48.4 Å². The topological polar surface area (TPSA) is 219 Å². The molecule has 11 N–H and O–H groups in total. The minimum absolute atomic E-state index is 0.0865. The van der Waals surface area contributed by atoms with Crippen molar-refractivity contribution in [1.82, 2.24) is 10.5 Å². The van der Waals surface area contributed by atoms with Crippen molar-refractivity contribution in [2.24, 2.45) is 32.7 Å². The highest BCUT2D eigenvalue weighted by Gasteiger charge is 2.28. The van der Waals surface area contributed by atoms with Crippen LogP contribution in [-0.4, -0.2) is 23.4 Å². The summed E-state index contributed by atoms with van der Waals surface area (Å²) in [7, 11) is -6.55. The minimum atomic E-state index is -4.40. The largest absolute Gasteiger partial charge is 0.382 e. The van der Waals surface area contributed by atoms with Gasteiger partial charge in [-0.3, -0.25) is 0 Å². The Morgan fingerprint density at radius 2 is 1.97 bits per heavy atom. The number of rotatable bonds is 6. The van der Waals surface area contributed by atoms with Gasteiger partial charge >= 0.3 is 0 Å². The normalized spacial score (nSPS) is 13.6. The summed E-state index contributed by atoms with van der Waals surface area (Å²) < 4.78 is 37.6. The van der Waals surface area contributed by atoms with Crippen molar-refractivity contribution in [3.8, 4) is 11.1 Å². The van der Waals surface area contributed by atoms with Crippen LogP contribution in [0.25, 0.3) is 21.3 Å². The van der Waals surface area contributed by atoms with E-state index in [2.05, 4.69) is 10.1 Å². The van der Waals surface area contributed by atoms with Crippen LogP contribution < -0.4 is 33.1 Å². The van der Waals surface area contributed by atoms with E-state index < -0.39 is 25.9 Å². The van der Waals surface area contributed by atoms with Gasteiger partial charge in [-0.1, -0.05) is 18.2 Å². The van der Waals surface area contributed by atoms with E-state index in [0.717, 1.165) is 4.70 Å². The van der Waals surface area contributed by atoms with Crippen LogP contribution in [0.1, 0.15) is 10.6 Å². The predicted octanol–water partition coefficient (Wildman–Crippen LogP) is -0.866. The molecule has 154 valence electrons. The van der Waals surface area contributed by atoms with Gasteiger partial charge < -0.3 is 11.5 Å². The Kier molecular flexibility index (Phi) is 5.95. The number of para-hydroxylation sites is 1. The van der Waals surface area contributed by atoms with Crippen molar-refractivity contribution in [2.75, 3.05) is 0 Å². The van der Waals surface area contributed by atoms with Crippen molar-refractivity contribution in [3.05, 3.63) is 40.9 Å². The van der Waals surface area contributed by atoms with Gasteiger partial charge in [0.2, 0.25) is 10.0 Å². The molecule has 1 atom stereocenters. The number of hydrogen-bond donors (Lipinski definition) is 6. The lowest BCUT2D eigenvalue weighted by atomic mass is 9.98. The number of thiazole rings is 1. The lowest BCUT2D eigenvalue weighted by Gasteiger charge is -2.16. The average Bonchev–Trinajstić information content (AvgIpc) is 3.09. The molecule has 0 amide bonds. The zero-order chi connectivity index (χ0) is 21.3. The SMILES string of the molecule is NCc1nc2c(-c3ccc(S(N)=O)c(S(N)(=O)=O)c3/C(N)=N/NN)cccc2s1. The van der Waals surface area contributed by atoms with Crippen molar-refractivity contribution in [2.45, 2.75) is 16.3 Å². The molecule has 11 nitrogen and oxygen atoms in total. The van der Waals surface area contributed by atoms with Crippen LogP contribution in [0, 0.1) is 0 Å². The summed E-state index contributed by atoms with van der Waals surface area (Å²) >= 11 is 1.41. The smallest absolute Gasteiger partial charge is 0.240 e. The van der Waals surface area contributed by atoms with E-state index in [1.165, 1.54) is 23.5 Å². The Hall–Kier alpha value is -2.46. The van der Waals surface area contributed by atoms with E-state index in [-0.39, 0.29) is 22.8 Å². The summed E-state index contributed by atoms with van der Waals surface area (Å²) in [5.74, 6) is 4.93. The lowest BCUT2D eigenvalue weighted by Crippen LogP contribution is -2.28. The molecule has 0 spiro atoms. The minimum Gasteiger partial charge on any atom is -0.382 e. The van der Waals surface area contributed by atoms with Crippen LogP contribution in [-0.2, 0) is 27.6 Å². The summed E-state index contributed by atoms with van der Waals surface area (Å²) in [5.41, 5.74) is 15.1. The number of primary sulfonamides is 1. The van der Waals surface area contributed by atoms with Gasteiger partial charge in [-0.2, -0.15) is 0 Å².